The molecule has 0 bridgehead atoms. The molecule has 0 atom stereocenters. The van der Waals surface area contributed by atoms with Crippen LogP contribution in [0.1, 0.15) is 36.2 Å². The largest absolute Gasteiger partial charge is 0.522 e. The molecule has 1 fully saturated rings. The summed E-state index contributed by atoms with van der Waals surface area (Å²) in [4.78, 5) is 26.3. The fourth-order valence-electron chi connectivity index (χ4n) is 3.23. The van der Waals surface area contributed by atoms with Crippen molar-refractivity contribution in [1.82, 2.24) is 19.5 Å². The summed E-state index contributed by atoms with van der Waals surface area (Å²) in [5, 5.41) is -0.0620. The minimum Gasteiger partial charge on any atom is -0.320 e. The van der Waals surface area contributed by atoms with Gasteiger partial charge in [0.2, 0.25) is 5.28 Å². The smallest absolute Gasteiger partial charge is 0.320 e. The molecule has 0 unspecified atom stereocenters. The summed E-state index contributed by atoms with van der Waals surface area (Å²) in [6.45, 7) is 0. The summed E-state index contributed by atoms with van der Waals surface area (Å²) in [5.74, 6) is 0.109. The van der Waals surface area contributed by atoms with Crippen LogP contribution in [0.3, 0.4) is 0 Å². The summed E-state index contributed by atoms with van der Waals surface area (Å²) in [6.07, 6.45) is -0.0250. The van der Waals surface area contributed by atoms with E-state index >= 15 is 0 Å². The number of halogens is 4. The van der Waals surface area contributed by atoms with Crippen molar-refractivity contribution in [2.24, 2.45) is 7.05 Å². The highest BCUT2D eigenvalue weighted by Gasteiger charge is 2.38. The Labute approximate surface area is 158 Å². The maximum atomic E-state index is 13.1. The number of ether oxygens (including phenoxy) is 1. The van der Waals surface area contributed by atoms with E-state index in [2.05, 4.69) is 19.7 Å². The number of hydrogen-bond donors (Lipinski definition) is 0. The lowest BCUT2D eigenvalue weighted by atomic mass is 9.91. The van der Waals surface area contributed by atoms with Crippen LogP contribution in [-0.2, 0) is 11.8 Å². The predicted octanol–water partition coefficient (Wildman–Crippen LogP) is 3.36. The zero-order valence-electron chi connectivity index (χ0n) is 14.4. The van der Waals surface area contributed by atoms with E-state index in [1.165, 1.54) is 23.4 Å². The molecule has 1 aliphatic carbocycles. The van der Waals surface area contributed by atoms with Crippen molar-refractivity contribution < 1.29 is 22.7 Å². The van der Waals surface area contributed by atoms with Crippen LogP contribution in [0, 0.1) is 0 Å². The van der Waals surface area contributed by atoms with Crippen molar-refractivity contribution >= 4 is 23.3 Å². The average Bonchev–Trinajstić information content (AvgIpc) is 3.01. The van der Waals surface area contributed by atoms with Crippen molar-refractivity contribution in [2.75, 3.05) is 4.90 Å². The first-order chi connectivity index (χ1) is 12.7. The molecular weight excluding hydrogens is 387 g/mol. The Kier molecular flexibility index (Phi) is 5.66. The maximum absolute atomic E-state index is 13.1. The first kappa shape index (κ1) is 19.6. The van der Waals surface area contributed by atoms with E-state index < -0.39 is 18.4 Å². The molecule has 27 heavy (non-hydrogen) atoms. The molecule has 0 aliphatic heterocycles. The molecule has 146 valence electrons. The van der Waals surface area contributed by atoms with Crippen LogP contribution in [0.5, 0.6) is 0 Å². The topological polar surface area (TPSA) is 73.1 Å². The number of hydrogen-bond acceptors (Lipinski definition) is 5. The van der Waals surface area contributed by atoms with E-state index in [-0.39, 0.29) is 29.9 Å². The molecule has 2 heterocycles. The van der Waals surface area contributed by atoms with E-state index in [4.69, 9.17) is 11.6 Å². The molecule has 0 saturated heterocycles. The van der Waals surface area contributed by atoms with Crippen molar-refractivity contribution in [3.05, 3.63) is 35.8 Å². The minimum atomic E-state index is -4.66. The second-order valence-electron chi connectivity index (χ2n) is 6.24. The van der Waals surface area contributed by atoms with E-state index in [1.807, 2.05) is 0 Å². The van der Waals surface area contributed by atoms with Gasteiger partial charge in [0.05, 0.1) is 18.6 Å². The van der Waals surface area contributed by atoms with Gasteiger partial charge in [-0.15, -0.1) is 13.2 Å². The minimum absolute atomic E-state index is 0.0620. The fourth-order valence-corrected chi connectivity index (χ4v) is 3.37. The van der Waals surface area contributed by atoms with Gasteiger partial charge in [0.15, 0.2) is 0 Å². The molecule has 1 amide bonds. The van der Waals surface area contributed by atoms with Gasteiger partial charge in [-0.05, 0) is 43.4 Å². The van der Waals surface area contributed by atoms with Crippen LogP contribution in [0.4, 0.5) is 19.0 Å². The lowest BCUT2D eigenvalue weighted by molar-refractivity contribution is -0.345. The summed E-state index contributed by atoms with van der Waals surface area (Å²) >= 11 is 5.78. The molecule has 1 aliphatic rings. The van der Waals surface area contributed by atoms with Crippen molar-refractivity contribution in [2.45, 2.75) is 44.2 Å². The van der Waals surface area contributed by atoms with Gasteiger partial charge < -0.3 is 4.57 Å². The lowest BCUT2D eigenvalue weighted by Crippen LogP contribution is -2.45. The van der Waals surface area contributed by atoms with Crippen molar-refractivity contribution in [3.8, 4) is 0 Å². The van der Waals surface area contributed by atoms with Gasteiger partial charge in [-0.1, -0.05) is 0 Å². The third kappa shape index (κ3) is 4.75. The predicted molar refractivity (Wildman–Crippen MR) is 90.2 cm³/mol. The van der Waals surface area contributed by atoms with Crippen LogP contribution in [-0.4, -0.2) is 43.9 Å². The van der Waals surface area contributed by atoms with Crippen LogP contribution in [0.25, 0.3) is 0 Å². The first-order valence-corrected chi connectivity index (χ1v) is 8.65. The summed E-state index contributed by atoms with van der Waals surface area (Å²) < 4.78 is 43.1. The molecule has 7 nitrogen and oxygen atoms in total. The van der Waals surface area contributed by atoms with Gasteiger partial charge in [-0.2, -0.15) is 0 Å². The fraction of sp³-hybridized carbons (Fsp3) is 0.500. The summed E-state index contributed by atoms with van der Waals surface area (Å²) in [5.41, 5.74) is 0.102. The molecule has 2 aromatic heterocycles. The number of anilines is 1. The molecule has 0 radical (unpaired) electrons. The van der Waals surface area contributed by atoms with Crippen molar-refractivity contribution in [3.63, 3.8) is 0 Å². The molecule has 0 N–H and O–H groups in total. The van der Waals surface area contributed by atoms with Gasteiger partial charge in [-0.25, -0.2) is 15.0 Å². The van der Waals surface area contributed by atoms with Gasteiger partial charge in [0, 0.05) is 19.3 Å². The molecule has 3 rings (SSSR count). The Hall–Kier alpha value is -2.20. The number of amides is 1. The third-order valence-electron chi connectivity index (χ3n) is 4.41. The lowest BCUT2D eigenvalue weighted by Gasteiger charge is -2.36. The highest BCUT2D eigenvalue weighted by molar-refractivity contribution is 6.28. The van der Waals surface area contributed by atoms with Gasteiger partial charge in [0.1, 0.15) is 11.5 Å². The number of carbonyl (C=O) groups excluding carboxylic acids is 1. The highest BCUT2D eigenvalue weighted by Crippen LogP contribution is 2.32. The van der Waals surface area contributed by atoms with Crippen LogP contribution in [0.15, 0.2) is 24.8 Å². The Morgan fingerprint density at radius 3 is 2.59 bits per heavy atom. The molecule has 2 aromatic rings. The summed E-state index contributed by atoms with van der Waals surface area (Å²) in [7, 11) is 1.73. The van der Waals surface area contributed by atoms with Gasteiger partial charge >= 0.3 is 6.36 Å². The van der Waals surface area contributed by atoms with Gasteiger partial charge in [-0.3, -0.25) is 14.4 Å². The summed E-state index contributed by atoms with van der Waals surface area (Å²) in [6, 6.07) is 1.13. The zero-order valence-corrected chi connectivity index (χ0v) is 15.1. The Morgan fingerprint density at radius 2 is 2.04 bits per heavy atom. The molecule has 1 saturated carbocycles. The SMILES string of the molecule is Cn1cncc1N(C(=O)c1ccnc(Cl)n1)C1CCC(OC(F)(F)F)CC1. The van der Waals surface area contributed by atoms with Crippen LogP contribution in [0.2, 0.25) is 5.28 Å². The number of nitrogens with zero attached hydrogens (tertiary/aromatic N) is 5. The van der Waals surface area contributed by atoms with E-state index in [1.54, 1.807) is 17.9 Å². The first-order valence-electron chi connectivity index (χ1n) is 8.27. The standard InChI is InChI=1S/C16H17ClF3N5O2/c1-24-9-21-8-13(24)25(14(26)12-6-7-22-15(17)23-12)10-2-4-11(5-3-10)27-16(18,19)20/h6-11H,2-5H2,1H3. The third-order valence-corrected chi connectivity index (χ3v) is 4.59. The number of alkyl halides is 3. The Balaban J connectivity index is 1.82. The quantitative estimate of drug-likeness (QED) is 0.732. The Morgan fingerprint density at radius 1 is 1.33 bits per heavy atom. The van der Waals surface area contributed by atoms with E-state index in [9.17, 15) is 18.0 Å². The normalized spacial score (nSPS) is 20.5. The second kappa shape index (κ2) is 7.81. The number of rotatable bonds is 4. The number of aromatic nitrogens is 4. The zero-order chi connectivity index (χ0) is 19.6. The average molecular weight is 404 g/mol. The number of imidazole rings is 1. The maximum Gasteiger partial charge on any atom is 0.522 e. The molecule has 11 heteroatoms. The Bertz CT molecular complexity index is 805. The number of carbonyl (C=O) groups is 1. The number of aryl methyl sites for hydroxylation is 1. The molecule has 0 aromatic carbocycles. The van der Waals surface area contributed by atoms with Crippen LogP contribution >= 0.6 is 11.6 Å². The van der Waals surface area contributed by atoms with Gasteiger partial charge in [0.25, 0.3) is 5.91 Å². The molecule has 0 spiro atoms. The van der Waals surface area contributed by atoms with Crippen LogP contribution < -0.4 is 4.90 Å². The van der Waals surface area contributed by atoms with E-state index in [0.717, 1.165) is 0 Å². The highest BCUT2D eigenvalue weighted by atomic mass is 35.5. The monoisotopic (exact) mass is 403 g/mol. The second-order valence-corrected chi connectivity index (χ2v) is 6.58. The van der Waals surface area contributed by atoms with Crippen molar-refractivity contribution in [1.29, 1.82) is 0 Å². The van der Waals surface area contributed by atoms with E-state index in [0.29, 0.717) is 18.7 Å². The molecular formula is C16H17ClF3N5O2.